The first kappa shape index (κ1) is 22.3. The summed E-state index contributed by atoms with van der Waals surface area (Å²) < 4.78 is 26.5. The molecule has 0 N–H and O–H groups in total. The van der Waals surface area contributed by atoms with Crippen molar-refractivity contribution in [2.45, 2.75) is 33.4 Å². The summed E-state index contributed by atoms with van der Waals surface area (Å²) in [4.78, 5) is 17.3. The second-order valence-electron chi connectivity index (χ2n) is 8.11. The number of nitrogens with zero attached hydrogens (tertiary/aromatic N) is 3. The fourth-order valence-corrected chi connectivity index (χ4v) is 5.18. The highest BCUT2D eigenvalue weighted by molar-refractivity contribution is 7.92. The molecule has 1 saturated heterocycles. The lowest BCUT2D eigenvalue weighted by molar-refractivity contribution is -0.133. The van der Waals surface area contributed by atoms with Crippen LogP contribution in [0.5, 0.6) is 0 Å². The van der Waals surface area contributed by atoms with Crippen LogP contribution in [0.25, 0.3) is 0 Å². The van der Waals surface area contributed by atoms with Gasteiger partial charge in [0.05, 0.1) is 11.9 Å². The van der Waals surface area contributed by atoms with Crippen LogP contribution in [0.2, 0.25) is 0 Å². The Balaban J connectivity index is 1.71. The van der Waals surface area contributed by atoms with Crippen LogP contribution in [0, 0.1) is 13.8 Å². The molecule has 1 amide bonds. The molecule has 3 rings (SSSR count). The van der Waals surface area contributed by atoms with E-state index in [9.17, 15) is 13.2 Å². The fourth-order valence-electron chi connectivity index (χ4n) is 3.96. The van der Waals surface area contributed by atoms with Crippen molar-refractivity contribution in [2.24, 2.45) is 0 Å². The van der Waals surface area contributed by atoms with Gasteiger partial charge in [0, 0.05) is 32.7 Å². The first-order chi connectivity index (χ1) is 14.2. The number of benzene rings is 2. The van der Waals surface area contributed by atoms with Crippen LogP contribution in [0.15, 0.2) is 48.5 Å². The van der Waals surface area contributed by atoms with Gasteiger partial charge in [-0.1, -0.05) is 42.5 Å². The second kappa shape index (κ2) is 9.18. The van der Waals surface area contributed by atoms with Crippen molar-refractivity contribution in [1.29, 1.82) is 0 Å². The van der Waals surface area contributed by atoms with E-state index in [1.807, 2.05) is 50.2 Å². The molecule has 1 fully saturated rings. The third kappa shape index (κ3) is 5.21. The molecule has 6 nitrogen and oxygen atoms in total. The summed E-state index contributed by atoms with van der Waals surface area (Å²) in [5.74, 6) is -0.152. The molecule has 2 aromatic carbocycles. The molecular weight excluding hydrogens is 398 g/mol. The van der Waals surface area contributed by atoms with Gasteiger partial charge in [0.2, 0.25) is 15.9 Å². The molecule has 1 heterocycles. The molecule has 7 heteroatoms. The number of hydrogen-bond acceptors (Lipinski definition) is 4. The van der Waals surface area contributed by atoms with E-state index >= 15 is 0 Å². The minimum absolute atomic E-state index is 0.152. The second-order valence-corrected chi connectivity index (χ2v) is 9.97. The maximum atomic E-state index is 13.2. The number of amides is 1. The Kier molecular flexibility index (Phi) is 6.83. The highest BCUT2D eigenvalue weighted by atomic mass is 32.2. The van der Waals surface area contributed by atoms with Gasteiger partial charge in [-0.2, -0.15) is 0 Å². The van der Waals surface area contributed by atoms with Gasteiger partial charge in [0.15, 0.2) is 0 Å². The Morgan fingerprint density at radius 3 is 2.27 bits per heavy atom. The van der Waals surface area contributed by atoms with Crippen molar-refractivity contribution in [3.05, 3.63) is 65.2 Å². The predicted molar refractivity (Wildman–Crippen MR) is 121 cm³/mol. The Hall–Kier alpha value is -2.38. The smallest absolute Gasteiger partial charge is 0.246 e. The molecular formula is C23H31N3O3S. The Morgan fingerprint density at radius 1 is 1.03 bits per heavy atom. The van der Waals surface area contributed by atoms with Gasteiger partial charge >= 0.3 is 0 Å². The lowest BCUT2D eigenvalue weighted by atomic mass is 10.1. The van der Waals surface area contributed by atoms with Gasteiger partial charge in [0.1, 0.15) is 6.04 Å². The fraction of sp³-hybridized carbons (Fsp3) is 0.435. The molecule has 30 heavy (non-hydrogen) atoms. The Morgan fingerprint density at radius 2 is 1.67 bits per heavy atom. The first-order valence-corrected chi connectivity index (χ1v) is 12.1. The maximum Gasteiger partial charge on any atom is 0.246 e. The molecule has 0 aliphatic carbocycles. The van der Waals surface area contributed by atoms with E-state index < -0.39 is 16.1 Å². The zero-order valence-electron chi connectivity index (χ0n) is 18.2. The van der Waals surface area contributed by atoms with Crippen molar-refractivity contribution >= 4 is 21.6 Å². The van der Waals surface area contributed by atoms with Crippen molar-refractivity contribution < 1.29 is 13.2 Å². The molecule has 0 spiro atoms. The van der Waals surface area contributed by atoms with Crippen LogP contribution in [-0.4, -0.2) is 62.6 Å². The summed E-state index contributed by atoms with van der Waals surface area (Å²) in [7, 11) is -3.62. The number of piperazine rings is 1. The van der Waals surface area contributed by atoms with E-state index in [2.05, 4.69) is 17.0 Å². The van der Waals surface area contributed by atoms with Gasteiger partial charge in [-0.05, 0) is 43.5 Å². The maximum absolute atomic E-state index is 13.2. The van der Waals surface area contributed by atoms with Crippen molar-refractivity contribution in [2.75, 3.05) is 36.7 Å². The van der Waals surface area contributed by atoms with Crippen LogP contribution in [0.1, 0.15) is 23.6 Å². The average molecular weight is 430 g/mol. The number of carbonyl (C=O) groups excluding carboxylic acids is 1. The molecule has 2 aromatic rings. The third-order valence-electron chi connectivity index (χ3n) is 5.60. The van der Waals surface area contributed by atoms with Gasteiger partial charge in [-0.3, -0.25) is 14.0 Å². The van der Waals surface area contributed by atoms with E-state index in [4.69, 9.17) is 0 Å². The van der Waals surface area contributed by atoms with E-state index in [1.54, 1.807) is 11.8 Å². The van der Waals surface area contributed by atoms with Gasteiger partial charge in [-0.15, -0.1) is 0 Å². The van der Waals surface area contributed by atoms with Crippen LogP contribution in [0.4, 0.5) is 5.69 Å². The lowest BCUT2D eigenvalue weighted by Gasteiger charge is -2.38. The Bertz CT molecular complexity index is 984. The molecule has 0 aromatic heterocycles. The summed E-state index contributed by atoms with van der Waals surface area (Å²) in [5.41, 5.74) is 3.61. The molecule has 1 aliphatic heterocycles. The first-order valence-electron chi connectivity index (χ1n) is 10.3. The molecule has 162 valence electrons. The molecule has 0 radical (unpaired) electrons. The van der Waals surface area contributed by atoms with Crippen molar-refractivity contribution in [1.82, 2.24) is 9.80 Å². The van der Waals surface area contributed by atoms with Crippen LogP contribution < -0.4 is 4.31 Å². The van der Waals surface area contributed by atoms with Crippen LogP contribution in [-0.2, 0) is 21.4 Å². The van der Waals surface area contributed by atoms with E-state index in [0.29, 0.717) is 18.8 Å². The summed E-state index contributed by atoms with van der Waals surface area (Å²) in [5, 5.41) is 0. The van der Waals surface area contributed by atoms with Crippen LogP contribution >= 0.6 is 0 Å². The predicted octanol–water partition coefficient (Wildman–Crippen LogP) is 2.80. The third-order valence-corrected chi connectivity index (χ3v) is 6.83. The SMILES string of the molecule is Cc1ccc(C)c(N([C@@H](C)C(=O)N2CCN(Cc3ccccc3)CC2)S(C)(=O)=O)c1. The highest BCUT2D eigenvalue weighted by Crippen LogP contribution is 2.27. The Labute approximate surface area is 180 Å². The van der Waals surface area contributed by atoms with Crippen molar-refractivity contribution in [3.8, 4) is 0 Å². The largest absolute Gasteiger partial charge is 0.338 e. The number of hydrogen-bond donors (Lipinski definition) is 0. The van der Waals surface area contributed by atoms with E-state index in [-0.39, 0.29) is 5.91 Å². The summed E-state index contributed by atoms with van der Waals surface area (Å²) in [6.45, 7) is 9.07. The summed E-state index contributed by atoms with van der Waals surface area (Å²) >= 11 is 0. The topological polar surface area (TPSA) is 60.9 Å². The zero-order valence-corrected chi connectivity index (χ0v) is 19.0. The summed E-state index contributed by atoms with van der Waals surface area (Å²) in [6.07, 6.45) is 1.16. The monoisotopic (exact) mass is 429 g/mol. The highest BCUT2D eigenvalue weighted by Gasteiger charge is 2.34. The average Bonchev–Trinajstić information content (AvgIpc) is 2.70. The summed E-state index contributed by atoms with van der Waals surface area (Å²) in [6, 6.07) is 15.2. The quantitative estimate of drug-likeness (QED) is 0.709. The molecule has 0 bridgehead atoms. The standard InChI is InChI=1S/C23H31N3O3S/c1-18-10-11-19(2)22(16-18)26(30(4,28)29)20(3)23(27)25-14-12-24(13-15-25)17-21-8-6-5-7-9-21/h5-11,16,20H,12-15,17H2,1-4H3/t20-/m0/s1. The molecule has 0 saturated carbocycles. The zero-order chi connectivity index (χ0) is 21.9. The van der Waals surface area contributed by atoms with Gasteiger partial charge < -0.3 is 4.90 Å². The molecule has 1 atom stereocenters. The van der Waals surface area contributed by atoms with Gasteiger partial charge in [-0.25, -0.2) is 8.42 Å². The minimum atomic E-state index is -3.62. The normalized spacial score (nSPS) is 16.3. The number of rotatable bonds is 6. The number of carbonyl (C=O) groups is 1. The molecule has 0 unspecified atom stereocenters. The number of sulfonamides is 1. The van der Waals surface area contributed by atoms with Crippen molar-refractivity contribution in [3.63, 3.8) is 0 Å². The number of anilines is 1. The van der Waals surface area contributed by atoms with Crippen LogP contribution in [0.3, 0.4) is 0 Å². The van der Waals surface area contributed by atoms with E-state index in [0.717, 1.165) is 37.0 Å². The van der Waals surface area contributed by atoms with Gasteiger partial charge in [0.25, 0.3) is 0 Å². The lowest BCUT2D eigenvalue weighted by Crippen LogP contribution is -2.55. The van der Waals surface area contributed by atoms with E-state index in [1.165, 1.54) is 9.87 Å². The molecule has 1 aliphatic rings. The number of aryl methyl sites for hydroxylation is 2. The minimum Gasteiger partial charge on any atom is -0.338 e.